The fraction of sp³-hybridized carbons (Fsp3) is 0.231. The van der Waals surface area contributed by atoms with Crippen LogP contribution in [0.4, 0.5) is 11.5 Å². The SMILES string of the molecule is Clc1cc(Cl)c(Nc2cc(Br)nc(C3CC3)n2)cc1Cl. The molecule has 1 aromatic carbocycles. The van der Waals surface area contributed by atoms with Crippen molar-refractivity contribution in [1.82, 2.24) is 9.97 Å². The molecule has 1 aromatic heterocycles. The molecule has 0 saturated heterocycles. The van der Waals surface area contributed by atoms with Crippen molar-refractivity contribution in [1.29, 1.82) is 0 Å². The molecule has 0 amide bonds. The first-order chi connectivity index (χ1) is 9.52. The number of halogens is 4. The molecule has 3 nitrogen and oxygen atoms in total. The summed E-state index contributed by atoms with van der Waals surface area (Å²) < 4.78 is 0.744. The molecule has 3 rings (SSSR count). The molecule has 1 aliphatic carbocycles. The molecule has 1 N–H and O–H groups in total. The van der Waals surface area contributed by atoms with Gasteiger partial charge in [0.1, 0.15) is 16.2 Å². The van der Waals surface area contributed by atoms with Crippen molar-refractivity contribution in [2.24, 2.45) is 0 Å². The van der Waals surface area contributed by atoms with Crippen molar-refractivity contribution in [3.05, 3.63) is 43.7 Å². The maximum atomic E-state index is 6.15. The summed E-state index contributed by atoms with van der Waals surface area (Å²) in [5.41, 5.74) is 0.661. The molecule has 0 aliphatic heterocycles. The predicted molar refractivity (Wildman–Crippen MR) is 86.5 cm³/mol. The maximum absolute atomic E-state index is 6.15. The van der Waals surface area contributed by atoms with Gasteiger partial charge in [0.25, 0.3) is 0 Å². The quantitative estimate of drug-likeness (QED) is 0.527. The van der Waals surface area contributed by atoms with E-state index in [4.69, 9.17) is 34.8 Å². The lowest BCUT2D eigenvalue weighted by Crippen LogP contribution is -2.00. The summed E-state index contributed by atoms with van der Waals surface area (Å²) >= 11 is 21.5. The third-order valence-electron chi connectivity index (χ3n) is 2.93. The monoisotopic (exact) mass is 391 g/mol. The third-order valence-corrected chi connectivity index (χ3v) is 4.37. The molecule has 0 atom stereocenters. The normalized spacial score (nSPS) is 14.4. The van der Waals surface area contributed by atoms with E-state index >= 15 is 0 Å². The van der Waals surface area contributed by atoms with E-state index in [2.05, 4.69) is 31.2 Å². The van der Waals surface area contributed by atoms with Gasteiger partial charge in [0, 0.05) is 12.0 Å². The zero-order valence-corrected chi connectivity index (χ0v) is 14.0. The summed E-state index contributed by atoms with van der Waals surface area (Å²) in [6, 6.07) is 5.08. The highest BCUT2D eigenvalue weighted by atomic mass is 79.9. The summed E-state index contributed by atoms with van der Waals surface area (Å²) in [6.07, 6.45) is 2.28. The van der Waals surface area contributed by atoms with Gasteiger partial charge < -0.3 is 5.32 Å². The van der Waals surface area contributed by atoms with Crippen LogP contribution in [0.3, 0.4) is 0 Å². The van der Waals surface area contributed by atoms with Crippen molar-refractivity contribution in [2.75, 3.05) is 5.32 Å². The molecule has 1 fully saturated rings. The Hall–Kier alpha value is -0.550. The van der Waals surface area contributed by atoms with Crippen molar-refractivity contribution in [3.8, 4) is 0 Å². The molecule has 104 valence electrons. The Kier molecular flexibility index (Phi) is 4.09. The van der Waals surface area contributed by atoms with Crippen LogP contribution in [0, 0.1) is 0 Å². The van der Waals surface area contributed by atoms with Gasteiger partial charge in [-0.15, -0.1) is 0 Å². The number of nitrogens with one attached hydrogen (secondary N) is 1. The number of hydrogen-bond donors (Lipinski definition) is 1. The number of anilines is 2. The second-order valence-electron chi connectivity index (χ2n) is 4.58. The summed E-state index contributed by atoms with van der Waals surface area (Å²) in [5.74, 6) is 1.99. The minimum absolute atomic E-state index is 0.421. The fourth-order valence-corrected chi connectivity index (χ4v) is 2.77. The largest absolute Gasteiger partial charge is 0.339 e. The van der Waals surface area contributed by atoms with Gasteiger partial charge in [0.2, 0.25) is 0 Å². The van der Waals surface area contributed by atoms with Crippen LogP contribution in [-0.4, -0.2) is 9.97 Å². The van der Waals surface area contributed by atoms with Crippen LogP contribution in [0.2, 0.25) is 15.1 Å². The van der Waals surface area contributed by atoms with Gasteiger partial charge in [-0.3, -0.25) is 0 Å². The smallest absolute Gasteiger partial charge is 0.135 e. The van der Waals surface area contributed by atoms with E-state index in [-0.39, 0.29) is 0 Å². The number of aromatic nitrogens is 2. The molecule has 0 spiro atoms. The Morgan fingerprint density at radius 1 is 1.00 bits per heavy atom. The first-order valence-electron chi connectivity index (χ1n) is 5.99. The third kappa shape index (κ3) is 3.19. The highest BCUT2D eigenvalue weighted by molar-refractivity contribution is 9.10. The average molecular weight is 393 g/mol. The highest BCUT2D eigenvalue weighted by Crippen LogP contribution is 2.39. The van der Waals surface area contributed by atoms with Crippen molar-refractivity contribution < 1.29 is 0 Å². The predicted octanol–water partition coefficient (Wildman–Crippen LogP) is 5.82. The minimum Gasteiger partial charge on any atom is -0.339 e. The van der Waals surface area contributed by atoms with E-state index in [1.807, 2.05) is 0 Å². The van der Waals surface area contributed by atoms with Gasteiger partial charge in [0.15, 0.2) is 0 Å². The molecule has 0 radical (unpaired) electrons. The van der Waals surface area contributed by atoms with Gasteiger partial charge in [0.05, 0.1) is 20.8 Å². The molecule has 1 aliphatic rings. The Labute approximate surface area is 139 Å². The molecule has 1 saturated carbocycles. The van der Waals surface area contributed by atoms with Crippen LogP contribution >= 0.6 is 50.7 Å². The van der Waals surface area contributed by atoms with E-state index < -0.39 is 0 Å². The second kappa shape index (κ2) is 5.68. The molecule has 1 heterocycles. The lowest BCUT2D eigenvalue weighted by atomic mass is 10.3. The summed E-state index contributed by atoms with van der Waals surface area (Å²) in [6.45, 7) is 0. The number of benzene rings is 1. The van der Waals surface area contributed by atoms with Gasteiger partial charge in [-0.1, -0.05) is 34.8 Å². The van der Waals surface area contributed by atoms with Crippen LogP contribution in [-0.2, 0) is 0 Å². The first-order valence-corrected chi connectivity index (χ1v) is 7.91. The van der Waals surface area contributed by atoms with E-state index in [9.17, 15) is 0 Å². The van der Waals surface area contributed by atoms with Crippen LogP contribution in [0.25, 0.3) is 0 Å². The van der Waals surface area contributed by atoms with Crippen molar-refractivity contribution in [2.45, 2.75) is 18.8 Å². The summed E-state index contributed by atoms with van der Waals surface area (Å²) in [4.78, 5) is 8.87. The standard InChI is InChI=1S/C13H9BrCl3N3/c14-11-5-12(20-13(19-11)6-1-2-6)18-10-4-8(16)7(15)3-9(10)17/h3-6H,1-2H2,(H,18,19,20). The van der Waals surface area contributed by atoms with Crippen molar-refractivity contribution in [3.63, 3.8) is 0 Å². The van der Waals surface area contributed by atoms with Gasteiger partial charge in [-0.05, 0) is 40.9 Å². The van der Waals surface area contributed by atoms with E-state index in [0.717, 1.165) is 23.3 Å². The van der Waals surface area contributed by atoms with E-state index in [1.54, 1.807) is 18.2 Å². The first kappa shape index (κ1) is 14.4. The number of rotatable bonds is 3. The molecule has 0 bridgehead atoms. The Bertz CT molecular complexity index is 674. The zero-order chi connectivity index (χ0) is 14.3. The highest BCUT2D eigenvalue weighted by Gasteiger charge is 2.27. The Morgan fingerprint density at radius 2 is 1.70 bits per heavy atom. The van der Waals surface area contributed by atoms with Crippen LogP contribution < -0.4 is 5.32 Å². The summed E-state index contributed by atoms with van der Waals surface area (Å²) in [5, 5.41) is 4.50. The summed E-state index contributed by atoms with van der Waals surface area (Å²) in [7, 11) is 0. The molecular weight excluding hydrogens is 384 g/mol. The second-order valence-corrected chi connectivity index (χ2v) is 6.61. The molecule has 20 heavy (non-hydrogen) atoms. The molecule has 0 unspecified atom stereocenters. The Balaban J connectivity index is 1.92. The van der Waals surface area contributed by atoms with E-state index in [1.165, 1.54) is 0 Å². The Morgan fingerprint density at radius 3 is 2.40 bits per heavy atom. The van der Waals surface area contributed by atoms with Gasteiger partial charge in [-0.25, -0.2) is 9.97 Å². The van der Waals surface area contributed by atoms with Crippen LogP contribution in [0.1, 0.15) is 24.6 Å². The lowest BCUT2D eigenvalue weighted by molar-refractivity contribution is 0.919. The number of hydrogen-bond acceptors (Lipinski definition) is 3. The lowest BCUT2D eigenvalue weighted by Gasteiger charge is -2.10. The average Bonchev–Trinajstić information content (AvgIpc) is 3.19. The molecule has 2 aromatic rings. The number of nitrogens with zero attached hydrogens (tertiary/aromatic N) is 2. The minimum atomic E-state index is 0.421. The van der Waals surface area contributed by atoms with Crippen LogP contribution in [0.15, 0.2) is 22.8 Å². The molecule has 7 heteroatoms. The zero-order valence-electron chi connectivity index (χ0n) is 10.1. The fourth-order valence-electron chi connectivity index (χ4n) is 1.78. The van der Waals surface area contributed by atoms with Gasteiger partial charge >= 0.3 is 0 Å². The molecular formula is C13H9BrCl3N3. The topological polar surface area (TPSA) is 37.8 Å². The van der Waals surface area contributed by atoms with E-state index in [0.29, 0.717) is 32.5 Å². The van der Waals surface area contributed by atoms with Crippen molar-refractivity contribution >= 4 is 62.2 Å². The van der Waals surface area contributed by atoms with Gasteiger partial charge in [-0.2, -0.15) is 0 Å². The maximum Gasteiger partial charge on any atom is 0.135 e. The van der Waals surface area contributed by atoms with Crippen LogP contribution in [0.5, 0.6) is 0 Å².